The van der Waals surface area contributed by atoms with Crippen molar-refractivity contribution in [3.63, 3.8) is 0 Å². The first-order chi connectivity index (χ1) is 5.79. The second-order valence-corrected chi connectivity index (χ2v) is 2.44. The molecule has 1 rings (SSSR count). The molecule has 0 aromatic carbocycles. The quantitative estimate of drug-likeness (QED) is 0.717. The van der Waals surface area contributed by atoms with Gasteiger partial charge in [0.25, 0.3) is 5.56 Å². The van der Waals surface area contributed by atoms with Crippen LogP contribution in [0, 0.1) is 0 Å². The first-order valence-electron chi connectivity index (χ1n) is 4.08. The fourth-order valence-electron chi connectivity index (χ4n) is 1.15. The van der Waals surface area contributed by atoms with E-state index in [0.717, 1.165) is 13.1 Å². The average Bonchev–Trinajstić information content (AvgIpc) is 2.10. The van der Waals surface area contributed by atoms with Crippen molar-refractivity contribution in [1.82, 2.24) is 10.2 Å². The van der Waals surface area contributed by atoms with Gasteiger partial charge in [0, 0.05) is 19.3 Å². The van der Waals surface area contributed by atoms with E-state index in [2.05, 4.69) is 10.2 Å². The molecule has 66 valence electrons. The van der Waals surface area contributed by atoms with Gasteiger partial charge in [-0.1, -0.05) is 0 Å². The van der Waals surface area contributed by atoms with E-state index in [-0.39, 0.29) is 5.56 Å². The predicted octanol–water partition coefficient (Wildman–Crippen LogP) is 0.616. The van der Waals surface area contributed by atoms with Crippen LogP contribution in [0.2, 0.25) is 0 Å². The maximum atomic E-state index is 11.2. The first-order valence-corrected chi connectivity index (χ1v) is 4.08. The summed E-state index contributed by atoms with van der Waals surface area (Å²) >= 11 is 0. The Morgan fingerprint density at radius 1 is 1.50 bits per heavy atom. The summed E-state index contributed by atoms with van der Waals surface area (Å²) < 4.78 is 0. The number of hydrogen-bond donors (Lipinski definition) is 1. The van der Waals surface area contributed by atoms with E-state index in [4.69, 9.17) is 0 Å². The Morgan fingerprint density at radius 2 is 2.17 bits per heavy atom. The van der Waals surface area contributed by atoms with Gasteiger partial charge in [0.05, 0.1) is 0 Å². The molecule has 1 aromatic heterocycles. The molecule has 0 aliphatic carbocycles. The Morgan fingerprint density at radius 3 is 2.67 bits per heavy atom. The van der Waals surface area contributed by atoms with Crippen LogP contribution in [0.3, 0.4) is 0 Å². The van der Waals surface area contributed by atoms with E-state index >= 15 is 0 Å². The van der Waals surface area contributed by atoms with Gasteiger partial charge in [-0.15, -0.1) is 0 Å². The predicted molar refractivity (Wildman–Crippen MR) is 48.4 cm³/mol. The lowest BCUT2D eigenvalue weighted by atomic mass is 10.4. The number of rotatable bonds is 3. The molecule has 1 heterocycles. The molecule has 4 nitrogen and oxygen atoms in total. The number of H-pyrrole nitrogens is 1. The molecule has 0 fully saturated rings. The highest BCUT2D eigenvalue weighted by molar-refractivity contribution is 5.42. The number of anilines is 1. The van der Waals surface area contributed by atoms with Crippen LogP contribution in [0.25, 0.3) is 0 Å². The Balaban J connectivity index is 3.00. The van der Waals surface area contributed by atoms with Crippen LogP contribution in [-0.4, -0.2) is 23.3 Å². The first kappa shape index (κ1) is 8.77. The smallest absolute Gasteiger partial charge is 0.287 e. The zero-order valence-electron chi connectivity index (χ0n) is 7.37. The van der Waals surface area contributed by atoms with Gasteiger partial charge < -0.3 is 4.90 Å². The Kier molecular flexibility index (Phi) is 2.85. The van der Waals surface area contributed by atoms with Crippen LogP contribution in [0.1, 0.15) is 13.8 Å². The monoisotopic (exact) mass is 167 g/mol. The SMILES string of the molecule is CCN(CC)c1ccn[nH]c1=O. The number of nitrogens with one attached hydrogen (secondary N) is 1. The summed E-state index contributed by atoms with van der Waals surface area (Å²) in [7, 11) is 0. The van der Waals surface area contributed by atoms with Crippen molar-refractivity contribution in [2.45, 2.75) is 13.8 Å². The van der Waals surface area contributed by atoms with Gasteiger partial charge >= 0.3 is 0 Å². The molecule has 0 atom stereocenters. The van der Waals surface area contributed by atoms with E-state index < -0.39 is 0 Å². The molecule has 0 unspecified atom stereocenters. The standard InChI is InChI=1S/C8H13N3O/c1-3-11(4-2)7-5-6-9-10-8(7)12/h5-6H,3-4H2,1-2H3,(H,10,12). The molecule has 0 saturated carbocycles. The highest BCUT2D eigenvalue weighted by Gasteiger charge is 2.04. The van der Waals surface area contributed by atoms with Crippen LogP contribution in [-0.2, 0) is 0 Å². The minimum atomic E-state index is -0.124. The molecule has 0 amide bonds. The molecule has 0 aliphatic rings. The zero-order chi connectivity index (χ0) is 8.97. The van der Waals surface area contributed by atoms with Crippen molar-refractivity contribution in [2.24, 2.45) is 0 Å². The van der Waals surface area contributed by atoms with Crippen molar-refractivity contribution in [3.05, 3.63) is 22.6 Å². The van der Waals surface area contributed by atoms with Gasteiger partial charge in [-0.2, -0.15) is 5.10 Å². The Bertz CT molecular complexity index is 290. The number of aromatic amines is 1. The highest BCUT2D eigenvalue weighted by atomic mass is 16.1. The molecule has 0 radical (unpaired) electrons. The van der Waals surface area contributed by atoms with Crippen LogP contribution in [0.4, 0.5) is 5.69 Å². The Hall–Kier alpha value is -1.32. The number of nitrogens with zero attached hydrogens (tertiary/aromatic N) is 2. The summed E-state index contributed by atoms with van der Waals surface area (Å²) in [5.74, 6) is 0. The van der Waals surface area contributed by atoms with Crippen molar-refractivity contribution in [3.8, 4) is 0 Å². The zero-order valence-corrected chi connectivity index (χ0v) is 7.37. The topological polar surface area (TPSA) is 49.0 Å². The molecule has 0 spiro atoms. The third-order valence-corrected chi connectivity index (χ3v) is 1.81. The minimum Gasteiger partial charge on any atom is -0.368 e. The van der Waals surface area contributed by atoms with Gasteiger partial charge in [0.2, 0.25) is 0 Å². The molecule has 12 heavy (non-hydrogen) atoms. The van der Waals surface area contributed by atoms with Crippen LogP contribution < -0.4 is 10.5 Å². The fraction of sp³-hybridized carbons (Fsp3) is 0.500. The summed E-state index contributed by atoms with van der Waals surface area (Å²) in [6.45, 7) is 5.71. The van der Waals surface area contributed by atoms with Crippen LogP contribution in [0.5, 0.6) is 0 Å². The van der Waals surface area contributed by atoms with E-state index in [1.165, 1.54) is 0 Å². The lowest BCUT2D eigenvalue weighted by Crippen LogP contribution is -2.28. The molecule has 0 bridgehead atoms. The molecule has 0 saturated heterocycles. The summed E-state index contributed by atoms with van der Waals surface area (Å²) in [5.41, 5.74) is 0.566. The Labute approximate surface area is 71.2 Å². The summed E-state index contributed by atoms with van der Waals surface area (Å²) in [6.07, 6.45) is 1.59. The lowest BCUT2D eigenvalue weighted by Gasteiger charge is -2.18. The second-order valence-electron chi connectivity index (χ2n) is 2.44. The van der Waals surface area contributed by atoms with Crippen molar-refractivity contribution in [1.29, 1.82) is 0 Å². The fourth-order valence-corrected chi connectivity index (χ4v) is 1.15. The molecular weight excluding hydrogens is 154 g/mol. The highest BCUT2D eigenvalue weighted by Crippen LogP contribution is 2.03. The van der Waals surface area contributed by atoms with Crippen molar-refractivity contribution < 1.29 is 0 Å². The molecule has 4 heteroatoms. The van der Waals surface area contributed by atoms with Crippen LogP contribution in [0.15, 0.2) is 17.1 Å². The summed E-state index contributed by atoms with van der Waals surface area (Å²) in [6, 6.07) is 1.73. The van der Waals surface area contributed by atoms with E-state index in [0.29, 0.717) is 5.69 Å². The van der Waals surface area contributed by atoms with Gasteiger partial charge in [0.15, 0.2) is 0 Å². The average molecular weight is 167 g/mol. The van der Waals surface area contributed by atoms with Gasteiger partial charge in [-0.25, -0.2) is 5.10 Å². The third-order valence-electron chi connectivity index (χ3n) is 1.81. The number of hydrogen-bond acceptors (Lipinski definition) is 3. The lowest BCUT2D eigenvalue weighted by molar-refractivity contribution is 0.842. The minimum absolute atomic E-state index is 0.124. The largest absolute Gasteiger partial charge is 0.368 e. The summed E-state index contributed by atoms with van der Waals surface area (Å²) in [5, 5.41) is 6.03. The molecule has 0 aliphatic heterocycles. The van der Waals surface area contributed by atoms with Crippen molar-refractivity contribution in [2.75, 3.05) is 18.0 Å². The number of aromatic nitrogens is 2. The van der Waals surface area contributed by atoms with Crippen molar-refractivity contribution >= 4 is 5.69 Å². The van der Waals surface area contributed by atoms with Crippen LogP contribution >= 0.6 is 0 Å². The second kappa shape index (κ2) is 3.90. The van der Waals surface area contributed by atoms with E-state index in [9.17, 15) is 4.79 Å². The van der Waals surface area contributed by atoms with Gasteiger partial charge in [-0.05, 0) is 19.9 Å². The molecule has 1 N–H and O–H groups in total. The normalized spacial score (nSPS) is 9.83. The maximum Gasteiger partial charge on any atom is 0.287 e. The molecule has 1 aromatic rings. The van der Waals surface area contributed by atoms with E-state index in [1.54, 1.807) is 12.3 Å². The molecular formula is C8H13N3O. The maximum absolute atomic E-state index is 11.2. The third kappa shape index (κ3) is 1.64. The summed E-state index contributed by atoms with van der Waals surface area (Å²) in [4.78, 5) is 13.2. The van der Waals surface area contributed by atoms with Gasteiger partial charge in [0.1, 0.15) is 5.69 Å². The van der Waals surface area contributed by atoms with Gasteiger partial charge in [-0.3, -0.25) is 4.79 Å². The van der Waals surface area contributed by atoms with E-state index in [1.807, 2.05) is 18.7 Å².